The highest BCUT2D eigenvalue weighted by Crippen LogP contribution is 2.22. The maximum absolute atomic E-state index is 13.3. The summed E-state index contributed by atoms with van der Waals surface area (Å²) in [5.74, 6) is -2.03. The van der Waals surface area contributed by atoms with Gasteiger partial charge in [-0.05, 0) is 12.1 Å². The molecule has 1 aromatic carbocycles. The molecule has 0 radical (unpaired) electrons. The standard InChI is InChI=1S/C13H13F2N3O2S/c1-7(2)12-17-18-13(21-12)16-11(19)6-20-10-4-3-8(14)5-9(10)15/h3-5,7H,6H2,1-2H3,(H,16,18,19). The summed E-state index contributed by atoms with van der Waals surface area (Å²) < 4.78 is 31.0. The third kappa shape index (κ3) is 4.19. The van der Waals surface area contributed by atoms with Crippen molar-refractivity contribution in [2.45, 2.75) is 19.8 Å². The van der Waals surface area contributed by atoms with Crippen LogP contribution in [-0.2, 0) is 4.79 Å². The van der Waals surface area contributed by atoms with E-state index in [0.29, 0.717) is 11.2 Å². The van der Waals surface area contributed by atoms with E-state index in [-0.39, 0.29) is 11.7 Å². The van der Waals surface area contributed by atoms with E-state index >= 15 is 0 Å². The number of anilines is 1. The van der Waals surface area contributed by atoms with Crippen molar-refractivity contribution in [2.24, 2.45) is 0 Å². The van der Waals surface area contributed by atoms with Gasteiger partial charge in [-0.15, -0.1) is 10.2 Å². The number of hydrogen-bond donors (Lipinski definition) is 1. The van der Waals surface area contributed by atoms with E-state index in [1.54, 1.807) is 0 Å². The predicted molar refractivity (Wildman–Crippen MR) is 74.5 cm³/mol. The van der Waals surface area contributed by atoms with Crippen molar-refractivity contribution in [3.05, 3.63) is 34.8 Å². The Hall–Kier alpha value is -2.09. The van der Waals surface area contributed by atoms with Crippen molar-refractivity contribution in [2.75, 3.05) is 11.9 Å². The monoisotopic (exact) mass is 313 g/mol. The van der Waals surface area contributed by atoms with E-state index in [4.69, 9.17) is 4.74 Å². The summed E-state index contributed by atoms with van der Waals surface area (Å²) in [6.45, 7) is 3.53. The molecule has 0 saturated carbocycles. The lowest BCUT2D eigenvalue weighted by molar-refractivity contribution is -0.118. The van der Waals surface area contributed by atoms with E-state index in [1.165, 1.54) is 11.3 Å². The van der Waals surface area contributed by atoms with Gasteiger partial charge in [-0.25, -0.2) is 8.78 Å². The van der Waals surface area contributed by atoms with Crippen LogP contribution in [0.25, 0.3) is 0 Å². The number of carbonyl (C=O) groups excluding carboxylic acids is 1. The van der Waals surface area contributed by atoms with Gasteiger partial charge in [0.05, 0.1) is 0 Å². The molecule has 0 aliphatic rings. The first kappa shape index (κ1) is 15.3. The fourth-order valence-corrected chi connectivity index (χ4v) is 2.17. The van der Waals surface area contributed by atoms with Gasteiger partial charge in [0.15, 0.2) is 18.2 Å². The summed E-state index contributed by atoms with van der Waals surface area (Å²) in [5.41, 5.74) is 0. The van der Waals surface area contributed by atoms with Crippen LogP contribution in [0, 0.1) is 11.6 Å². The molecule has 0 unspecified atom stereocenters. The average Bonchev–Trinajstić information content (AvgIpc) is 2.86. The Morgan fingerprint density at radius 1 is 1.38 bits per heavy atom. The average molecular weight is 313 g/mol. The predicted octanol–water partition coefficient (Wildman–Crippen LogP) is 2.96. The zero-order chi connectivity index (χ0) is 15.4. The van der Waals surface area contributed by atoms with Gasteiger partial charge in [0.1, 0.15) is 10.8 Å². The number of benzene rings is 1. The maximum atomic E-state index is 13.3. The Morgan fingerprint density at radius 3 is 2.76 bits per heavy atom. The lowest BCUT2D eigenvalue weighted by Gasteiger charge is -2.06. The molecule has 0 saturated heterocycles. The first-order valence-electron chi connectivity index (χ1n) is 6.17. The van der Waals surface area contributed by atoms with Crippen molar-refractivity contribution < 1.29 is 18.3 Å². The molecule has 0 fully saturated rings. The Balaban J connectivity index is 1.89. The molecule has 21 heavy (non-hydrogen) atoms. The lowest BCUT2D eigenvalue weighted by atomic mass is 10.2. The van der Waals surface area contributed by atoms with Crippen molar-refractivity contribution in [1.82, 2.24) is 10.2 Å². The molecule has 2 rings (SSSR count). The summed E-state index contributed by atoms with van der Waals surface area (Å²) in [6.07, 6.45) is 0. The molecule has 8 heteroatoms. The quantitative estimate of drug-likeness (QED) is 0.922. The van der Waals surface area contributed by atoms with Crippen molar-refractivity contribution in [3.8, 4) is 5.75 Å². The van der Waals surface area contributed by atoms with Gasteiger partial charge < -0.3 is 4.74 Å². The molecule has 1 amide bonds. The van der Waals surface area contributed by atoms with Crippen LogP contribution < -0.4 is 10.1 Å². The molecular formula is C13H13F2N3O2S. The number of hydrogen-bond acceptors (Lipinski definition) is 5. The second-order valence-corrected chi connectivity index (χ2v) is 5.52. The maximum Gasteiger partial charge on any atom is 0.264 e. The second-order valence-electron chi connectivity index (χ2n) is 4.51. The Bertz CT molecular complexity index is 646. The molecule has 2 aromatic rings. The third-order valence-electron chi connectivity index (χ3n) is 2.43. The number of ether oxygens (including phenoxy) is 1. The highest BCUT2D eigenvalue weighted by atomic mass is 32.1. The second kappa shape index (κ2) is 6.57. The minimum atomic E-state index is -0.860. The zero-order valence-electron chi connectivity index (χ0n) is 11.4. The van der Waals surface area contributed by atoms with Crippen LogP contribution >= 0.6 is 11.3 Å². The fraction of sp³-hybridized carbons (Fsp3) is 0.308. The SMILES string of the molecule is CC(C)c1nnc(NC(=O)COc2ccc(F)cc2F)s1. The number of amides is 1. The van der Waals surface area contributed by atoms with Gasteiger partial charge in [-0.3, -0.25) is 10.1 Å². The van der Waals surface area contributed by atoms with E-state index in [2.05, 4.69) is 15.5 Å². The molecule has 0 aliphatic carbocycles. The van der Waals surface area contributed by atoms with Crippen molar-refractivity contribution >= 4 is 22.4 Å². The molecule has 1 aromatic heterocycles. The summed E-state index contributed by atoms with van der Waals surface area (Å²) in [7, 11) is 0. The minimum absolute atomic E-state index is 0.188. The first-order valence-corrected chi connectivity index (χ1v) is 6.98. The number of halogens is 2. The van der Waals surface area contributed by atoms with Crippen molar-refractivity contribution in [1.29, 1.82) is 0 Å². The van der Waals surface area contributed by atoms with Crippen LogP contribution in [0.5, 0.6) is 5.75 Å². The molecular weight excluding hydrogens is 300 g/mol. The smallest absolute Gasteiger partial charge is 0.264 e. The molecule has 5 nitrogen and oxygen atoms in total. The fourth-order valence-electron chi connectivity index (χ4n) is 1.41. The van der Waals surface area contributed by atoms with Gasteiger partial charge in [-0.1, -0.05) is 25.2 Å². The van der Waals surface area contributed by atoms with Crippen molar-refractivity contribution in [3.63, 3.8) is 0 Å². The lowest BCUT2D eigenvalue weighted by Crippen LogP contribution is -2.20. The molecule has 112 valence electrons. The van der Waals surface area contributed by atoms with E-state index in [1.807, 2.05) is 13.8 Å². The molecule has 0 spiro atoms. The molecule has 1 heterocycles. The number of rotatable bonds is 5. The summed E-state index contributed by atoms with van der Waals surface area (Å²) in [4.78, 5) is 11.6. The van der Waals surface area contributed by atoms with Gasteiger partial charge in [-0.2, -0.15) is 0 Å². The van der Waals surface area contributed by atoms with Crippen LogP contribution in [0.3, 0.4) is 0 Å². The minimum Gasteiger partial charge on any atom is -0.481 e. The highest BCUT2D eigenvalue weighted by molar-refractivity contribution is 7.15. The van der Waals surface area contributed by atoms with Crippen LogP contribution in [0.15, 0.2) is 18.2 Å². The van der Waals surface area contributed by atoms with Crippen LogP contribution in [0.4, 0.5) is 13.9 Å². The van der Waals surface area contributed by atoms with Gasteiger partial charge in [0.2, 0.25) is 5.13 Å². The van der Waals surface area contributed by atoms with Crippen LogP contribution in [0.1, 0.15) is 24.8 Å². The van der Waals surface area contributed by atoms with Gasteiger partial charge in [0, 0.05) is 12.0 Å². The first-order chi connectivity index (χ1) is 9.95. The topological polar surface area (TPSA) is 64.1 Å². The molecule has 1 N–H and O–H groups in total. The number of nitrogens with zero attached hydrogens (tertiary/aromatic N) is 2. The molecule has 0 bridgehead atoms. The van der Waals surface area contributed by atoms with Gasteiger partial charge in [0.25, 0.3) is 5.91 Å². The summed E-state index contributed by atoms with van der Waals surface area (Å²) in [6, 6.07) is 2.86. The highest BCUT2D eigenvalue weighted by Gasteiger charge is 2.12. The zero-order valence-corrected chi connectivity index (χ0v) is 12.2. The van der Waals surface area contributed by atoms with E-state index in [9.17, 15) is 13.6 Å². The van der Waals surface area contributed by atoms with E-state index < -0.39 is 24.1 Å². The van der Waals surface area contributed by atoms with Crippen LogP contribution in [0.2, 0.25) is 0 Å². The number of aromatic nitrogens is 2. The normalized spacial score (nSPS) is 10.7. The summed E-state index contributed by atoms with van der Waals surface area (Å²) in [5, 5.41) is 11.4. The Labute approximate surface area is 124 Å². The Morgan fingerprint density at radius 2 is 2.14 bits per heavy atom. The largest absolute Gasteiger partial charge is 0.481 e. The Kier molecular flexibility index (Phi) is 4.79. The number of nitrogens with one attached hydrogen (secondary N) is 1. The number of carbonyl (C=O) groups is 1. The van der Waals surface area contributed by atoms with Gasteiger partial charge >= 0.3 is 0 Å². The van der Waals surface area contributed by atoms with Crippen LogP contribution in [-0.4, -0.2) is 22.7 Å². The molecule has 0 aliphatic heterocycles. The third-order valence-corrected chi connectivity index (χ3v) is 3.57. The molecule has 0 atom stereocenters. The van der Waals surface area contributed by atoms with E-state index in [0.717, 1.165) is 17.1 Å². The summed E-state index contributed by atoms with van der Waals surface area (Å²) >= 11 is 1.26.